The summed E-state index contributed by atoms with van der Waals surface area (Å²) in [5.41, 5.74) is 3.08. The Kier molecular flexibility index (Phi) is 4.18. The van der Waals surface area contributed by atoms with Gasteiger partial charge in [-0.25, -0.2) is 0 Å². The molecule has 6 nitrogen and oxygen atoms in total. The second kappa shape index (κ2) is 6.51. The Morgan fingerprint density at radius 3 is 2.69 bits per heavy atom. The Morgan fingerprint density at radius 1 is 1.15 bits per heavy atom. The first-order valence-corrected chi connectivity index (χ1v) is 9.08. The lowest BCUT2D eigenvalue weighted by atomic mass is 10.1. The van der Waals surface area contributed by atoms with E-state index in [9.17, 15) is 4.79 Å². The molecule has 0 unspecified atom stereocenters. The molecule has 0 fully saturated rings. The van der Waals surface area contributed by atoms with Gasteiger partial charge in [-0.05, 0) is 49.7 Å². The van der Waals surface area contributed by atoms with Crippen LogP contribution in [0.15, 0.2) is 42.5 Å². The molecule has 4 rings (SSSR count). The molecule has 2 aromatic carbocycles. The largest absolute Gasteiger partial charge is 0.322 e. The Morgan fingerprint density at radius 2 is 1.96 bits per heavy atom. The maximum absolute atomic E-state index is 12.4. The van der Waals surface area contributed by atoms with E-state index in [1.54, 1.807) is 28.8 Å². The zero-order chi connectivity index (χ0) is 18.3. The van der Waals surface area contributed by atoms with Gasteiger partial charge in [-0.2, -0.15) is 9.61 Å². The van der Waals surface area contributed by atoms with E-state index in [1.807, 2.05) is 32.0 Å². The maximum Gasteiger partial charge on any atom is 0.257 e. The van der Waals surface area contributed by atoms with Gasteiger partial charge in [0.2, 0.25) is 4.96 Å². The zero-order valence-corrected chi connectivity index (χ0v) is 15.6. The van der Waals surface area contributed by atoms with Gasteiger partial charge in [0.05, 0.1) is 10.6 Å². The Balaban J connectivity index is 1.61. The number of aryl methyl sites for hydroxylation is 2. The number of amides is 1. The molecule has 0 aliphatic heterocycles. The van der Waals surface area contributed by atoms with Crippen LogP contribution in [0.2, 0.25) is 5.02 Å². The Bertz CT molecular complexity index is 1130. The minimum Gasteiger partial charge on any atom is -0.322 e. The number of anilines is 1. The summed E-state index contributed by atoms with van der Waals surface area (Å²) in [6, 6.07) is 12.8. The molecule has 0 saturated heterocycles. The van der Waals surface area contributed by atoms with Crippen molar-refractivity contribution in [2.45, 2.75) is 13.8 Å². The molecule has 0 bridgehead atoms. The van der Waals surface area contributed by atoms with Crippen molar-refractivity contribution in [3.05, 3.63) is 64.4 Å². The quantitative estimate of drug-likeness (QED) is 0.570. The van der Waals surface area contributed by atoms with Crippen molar-refractivity contribution in [3.8, 4) is 10.6 Å². The third kappa shape index (κ3) is 2.95. The molecule has 4 aromatic rings. The monoisotopic (exact) mass is 383 g/mol. The lowest BCUT2D eigenvalue weighted by molar-refractivity contribution is 0.102. The second-order valence-corrected chi connectivity index (χ2v) is 7.18. The predicted octanol–water partition coefficient (Wildman–Crippen LogP) is 4.38. The molecule has 2 aromatic heterocycles. The highest BCUT2D eigenvalue weighted by Crippen LogP contribution is 2.29. The van der Waals surface area contributed by atoms with Crippen LogP contribution in [0.4, 0.5) is 5.69 Å². The van der Waals surface area contributed by atoms with Crippen molar-refractivity contribution < 1.29 is 4.79 Å². The van der Waals surface area contributed by atoms with Crippen molar-refractivity contribution in [3.63, 3.8) is 0 Å². The highest BCUT2D eigenvalue weighted by atomic mass is 35.5. The SMILES string of the molecule is Cc1cc(-c2nn3c(C)nnc3s2)ccc1NC(=O)c1ccccc1Cl. The Hall–Kier alpha value is -2.77. The lowest BCUT2D eigenvalue weighted by Crippen LogP contribution is -2.13. The first-order valence-electron chi connectivity index (χ1n) is 7.88. The molecule has 130 valence electrons. The van der Waals surface area contributed by atoms with Gasteiger partial charge in [0.15, 0.2) is 5.82 Å². The number of hydrogen-bond donors (Lipinski definition) is 1. The average molecular weight is 384 g/mol. The van der Waals surface area contributed by atoms with Crippen molar-refractivity contribution >= 4 is 39.5 Å². The van der Waals surface area contributed by atoms with Gasteiger partial charge in [-0.15, -0.1) is 10.2 Å². The molecule has 0 aliphatic rings. The van der Waals surface area contributed by atoms with Crippen molar-refractivity contribution in [2.75, 3.05) is 5.32 Å². The number of fused-ring (bicyclic) bond motifs is 1. The topological polar surface area (TPSA) is 72.2 Å². The number of nitrogens with one attached hydrogen (secondary N) is 1. The summed E-state index contributed by atoms with van der Waals surface area (Å²) in [5.74, 6) is 0.517. The maximum atomic E-state index is 12.4. The van der Waals surface area contributed by atoms with Gasteiger partial charge in [0.1, 0.15) is 5.01 Å². The standard InChI is InChI=1S/C18H14ClN5OS/c1-10-9-12(17-23-24-11(2)21-22-18(24)26-17)7-8-15(10)20-16(25)13-5-3-4-6-14(13)19/h3-9H,1-2H3,(H,20,25). The number of carbonyl (C=O) groups excluding carboxylic acids is 1. The van der Waals surface area contributed by atoms with Gasteiger partial charge in [0, 0.05) is 11.3 Å². The van der Waals surface area contributed by atoms with E-state index in [0.29, 0.717) is 10.6 Å². The number of carbonyl (C=O) groups is 1. The molecular weight excluding hydrogens is 370 g/mol. The first-order chi connectivity index (χ1) is 12.5. The van der Waals surface area contributed by atoms with Crippen LogP contribution in [-0.2, 0) is 0 Å². The third-order valence-corrected chi connectivity index (χ3v) is 5.26. The summed E-state index contributed by atoms with van der Waals surface area (Å²) >= 11 is 7.56. The van der Waals surface area contributed by atoms with E-state index in [-0.39, 0.29) is 5.91 Å². The Labute approximate surface area is 158 Å². The van der Waals surface area contributed by atoms with Gasteiger partial charge < -0.3 is 5.32 Å². The third-order valence-electron chi connectivity index (χ3n) is 3.99. The minimum atomic E-state index is -0.235. The lowest BCUT2D eigenvalue weighted by Gasteiger charge is -2.10. The molecule has 0 saturated carbocycles. The van der Waals surface area contributed by atoms with Gasteiger partial charge in [-0.3, -0.25) is 4.79 Å². The fourth-order valence-electron chi connectivity index (χ4n) is 2.60. The predicted molar refractivity (Wildman–Crippen MR) is 103 cm³/mol. The molecule has 0 atom stereocenters. The molecule has 0 aliphatic carbocycles. The summed E-state index contributed by atoms with van der Waals surface area (Å²) in [6.07, 6.45) is 0. The van der Waals surface area contributed by atoms with Crippen molar-refractivity contribution in [1.82, 2.24) is 19.8 Å². The average Bonchev–Trinajstić information content (AvgIpc) is 3.19. The number of nitrogens with zero attached hydrogens (tertiary/aromatic N) is 4. The minimum absolute atomic E-state index is 0.235. The van der Waals surface area contributed by atoms with Crippen molar-refractivity contribution in [1.29, 1.82) is 0 Å². The summed E-state index contributed by atoms with van der Waals surface area (Å²) in [4.78, 5) is 13.2. The number of benzene rings is 2. The summed E-state index contributed by atoms with van der Waals surface area (Å²) in [6.45, 7) is 3.80. The summed E-state index contributed by atoms with van der Waals surface area (Å²) < 4.78 is 1.72. The van der Waals surface area contributed by atoms with Crippen LogP contribution >= 0.6 is 22.9 Å². The van der Waals surface area contributed by atoms with Crippen LogP contribution in [0.25, 0.3) is 15.5 Å². The second-order valence-electron chi connectivity index (χ2n) is 5.81. The van der Waals surface area contributed by atoms with Crippen LogP contribution in [0, 0.1) is 13.8 Å². The van der Waals surface area contributed by atoms with E-state index in [0.717, 1.165) is 32.6 Å². The smallest absolute Gasteiger partial charge is 0.257 e. The molecule has 0 spiro atoms. The number of halogens is 1. The van der Waals surface area contributed by atoms with Crippen LogP contribution in [0.3, 0.4) is 0 Å². The molecule has 0 radical (unpaired) electrons. The highest BCUT2D eigenvalue weighted by Gasteiger charge is 2.14. The number of hydrogen-bond acceptors (Lipinski definition) is 5. The molecular formula is C18H14ClN5OS. The fourth-order valence-corrected chi connectivity index (χ4v) is 3.71. The van der Waals surface area contributed by atoms with E-state index in [1.165, 1.54) is 11.3 Å². The fraction of sp³-hybridized carbons (Fsp3) is 0.111. The normalized spacial score (nSPS) is 11.0. The van der Waals surface area contributed by atoms with E-state index in [4.69, 9.17) is 11.6 Å². The van der Waals surface area contributed by atoms with Gasteiger partial charge in [0.25, 0.3) is 5.91 Å². The van der Waals surface area contributed by atoms with Crippen molar-refractivity contribution in [2.24, 2.45) is 0 Å². The van der Waals surface area contributed by atoms with Crippen LogP contribution in [-0.4, -0.2) is 25.7 Å². The van der Waals surface area contributed by atoms with Crippen LogP contribution in [0.1, 0.15) is 21.7 Å². The molecule has 26 heavy (non-hydrogen) atoms. The van der Waals surface area contributed by atoms with Crippen LogP contribution < -0.4 is 5.32 Å². The van der Waals surface area contributed by atoms with Gasteiger partial charge in [-0.1, -0.05) is 35.1 Å². The van der Waals surface area contributed by atoms with E-state index in [2.05, 4.69) is 20.6 Å². The van der Waals surface area contributed by atoms with Gasteiger partial charge >= 0.3 is 0 Å². The first kappa shape index (κ1) is 16.7. The number of aromatic nitrogens is 4. The number of rotatable bonds is 3. The van der Waals surface area contributed by atoms with E-state index < -0.39 is 0 Å². The summed E-state index contributed by atoms with van der Waals surface area (Å²) in [5, 5.41) is 16.8. The molecule has 1 N–H and O–H groups in total. The van der Waals surface area contributed by atoms with E-state index >= 15 is 0 Å². The zero-order valence-electron chi connectivity index (χ0n) is 14.0. The summed E-state index contributed by atoms with van der Waals surface area (Å²) in [7, 11) is 0. The molecule has 1 amide bonds. The molecule has 8 heteroatoms. The highest BCUT2D eigenvalue weighted by molar-refractivity contribution is 7.19. The molecule has 2 heterocycles. The van der Waals surface area contributed by atoms with Crippen LogP contribution in [0.5, 0.6) is 0 Å².